The van der Waals surface area contributed by atoms with Gasteiger partial charge in [0.25, 0.3) is 0 Å². The molecule has 0 saturated heterocycles. The molecule has 0 atom stereocenters. The lowest BCUT2D eigenvalue weighted by atomic mass is 10.1. The van der Waals surface area contributed by atoms with Gasteiger partial charge in [-0.05, 0) is 37.1 Å². The number of benzene rings is 1. The molecule has 0 aliphatic heterocycles. The van der Waals surface area contributed by atoms with Gasteiger partial charge in [-0.1, -0.05) is 6.07 Å². The van der Waals surface area contributed by atoms with Gasteiger partial charge in [-0.15, -0.1) is 0 Å². The Bertz CT molecular complexity index is 751. The van der Waals surface area contributed by atoms with Crippen LogP contribution in [0.5, 0.6) is 0 Å². The zero-order valence-electron chi connectivity index (χ0n) is 12.3. The summed E-state index contributed by atoms with van der Waals surface area (Å²) in [5.74, 6) is 0. The van der Waals surface area contributed by atoms with E-state index >= 15 is 0 Å². The second-order valence-electron chi connectivity index (χ2n) is 4.95. The van der Waals surface area contributed by atoms with Crippen molar-refractivity contribution in [2.75, 3.05) is 0 Å². The summed E-state index contributed by atoms with van der Waals surface area (Å²) >= 11 is 0. The van der Waals surface area contributed by atoms with Crippen LogP contribution >= 0.6 is 0 Å². The number of aliphatic hydroxyl groups is 1. The molecule has 0 aliphatic carbocycles. The molecule has 0 bridgehead atoms. The molecule has 0 fully saturated rings. The van der Waals surface area contributed by atoms with E-state index in [0.29, 0.717) is 5.56 Å². The molecule has 1 aromatic heterocycles. The summed E-state index contributed by atoms with van der Waals surface area (Å²) in [6.45, 7) is 3.71. The predicted octanol–water partition coefficient (Wildman–Crippen LogP) is 1.01. The van der Waals surface area contributed by atoms with Crippen LogP contribution in [0.2, 0.25) is 0 Å². The van der Waals surface area contributed by atoms with E-state index in [9.17, 15) is 13.5 Å². The average Bonchev–Trinajstić information content (AvgIpc) is 2.77. The minimum Gasteiger partial charge on any atom is -0.392 e. The number of nitrogens with zero attached hydrogens (tertiary/aromatic N) is 2. The fourth-order valence-electron chi connectivity index (χ4n) is 1.96. The molecule has 6 nitrogen and oxygen atoms in total. The quantitative estimate of drug-likeness (QED) is 0.863. The molecule has 7 heteroatoms. The molecule has 0 radical (unpaired) electrons. The Kier molecular flexibility index (Phi) is 4.46. The highest BCUT2D eigenvalue weighted by molar-refractivity contribution is 7.89. The van der Waals surface area contributed by atoms with E-state index in [4.69, 9.17) is 0 Å². The van der Waals surface area contributed by atoms with Crippen molar-refractivity contribution in [1.82, 2.24) is 14.5 Å². The van der Waals surface area contributed by atoms with Crippen LogP contribution in [0.4, 0.5) is 0 Å². The Morgan fingerprint density at radius 3 is 2.57 bits per heavy atom. The van der Waals surface area contributed by atoms with Crippen molar-refractivity contribution in [3.8, 4) is 0 Å². The fourth-order valence-corrected chi connectivity index (χ4v) is 3.02. The summed E-state index contributed by atoms with van der Waals surface area (Å²) in [5.41, 5.74) is 3.21. The average molecular weight is 309 g/mol. The third kappa shape index (κ3) is 3.31. The van der Waals surface area contributed by atoms with Crippen molar-refractivity contribution in [3.05, 3.63) is 46.8 Å². The van der Waals surface area contributed by atoms with E-state index in [0.717, 1.165) is 16.8 Å². The van der Waals surface area contributed by atoms with Gasteiger partial charge in [-0.25, -0.2) is 13.1 Å². The Hall–Kier alpha value is -1.70. The highest BCUT2D eigenvalue weighted by atomic mass is 32.2. The second kappa shape index (κ2) is 5.97. The van der Waals surface area contributed by atoms with Gasteiger partial charge >= 0.3 is 0 Å². The maximum absolute atomic E-state index is 12.3. The SMILES string of the molecule is Cc1ccc(S(=O)(=O)NCc2cnn(C)c2C)cc1CO. The number of aliphatic hydroxyl groups excluding tert-OH is 1. The van der Waals surface area contributed by atoms with Crippen LogP contribution in [-0.4, -0.2) is 23.3 Å². The second-order valence-corrected chi connectivity index (χ2v) is 6.72. The van der Waals surface area contributed by atoms with Crippen LogP contribution in [0.15, 0.2) is 29.3 Å². The van der Waals surface area contributed by atoms with E-state index in [1.807, 2.05) is 13.8 Å². The van der Waals surface area contributed by atoms with Crippen LogP contribution < -0.4 is 4.72 Å². The first kappa shape index (κ1) is 15.7. The molecule has 0 spiro atoms. The topological polar surface area (TPSA) is 84.2 Å². The van der Waals surface area contributed by atoms with Crippen LogP contribution in [0.25, 0.3) is 0 Å². The molecular formula is C14H19N3O3S. The number of hydrogen-bond acceptors (Lipinski definition) is 4. The number of hydrogen-bond donors (Lipinski definition) is 2. The molecular weight excluding hydrogens is 290 g/mol. The Morgan fingerprint density at radius 2 is 2.00 bits per heavy atom. The molecule has 2 rings (SSSR count). The molecule has 114 valence electrons. The first-order valence-corrected chi connectivity index (χ1v) is 8.01. The number of aryl methyl sites for hydroxylation is 2. The maximum atomic E-state index is 12.3. The summed E-state index contributed by atoms with van der Waals surface area (Å²) in [5, 5.41) is 13.3. The van der Waals surface area contributed by atoms with Gasteiger partial charge < -0.3 is 5.11 Å². The van der Waals surface area contributed by atoms with E-state index in [-0.39, 0.29) is 18.0 Å². The first-order valence-electron chi connectivity index (χ1n) is 6.52. The third-order valence-corrected chi connectivity index (χ3v) is 4.99. The van der Waals surface area contributed by atoms with Gasteiger partial charge in [0.2, 0.25) is 10.0 Å². The number of nitrogens with one attached hydrogen (secondary N) is 1. The number of sulfonamides is 1. The van der Waals surface area contributed by atoms with E-state index in [1.165, 1.54) is 12.1 Å². The van der Waals surface area contributed by atoms with Crippen molar-refractivity contribution in [1.29, 1.82) is 0 Å². The summed E-state index contributed by atoms with van der Waals surface area (Å²) < 4.78 is 28.8. The predicted molar refractivity (Wildman–Crippen MR) is 79.1 cm³/mol. The molecule has 0 amide bonds. The summed E-state index contributed by atoms with van der Waals surface area (Å²) in [6, 6.07) is 4.72. The minimum absolute atomic E-state index is 0.152. The van der Waals surface area contributed by atoms with Gasteiger partial charge in [-0.3, -0.25) is 4.68 Å². The molecule has 1 aromatic carbocycles. The van der Waals surface area contributed by atoms with Crippen LogP contribution in [0.1, 0.15) is 22.4 Å². The standard InChI is InChI=1S/C14H19N3O3S/c1-10-4-5-14(6-12(10)9-18)21(19,20)16-8-13-7-15-17(3)11(13)2/h4-7,16,18H,8-9H2,1-3H3. The Morgan fingerprint density at radius 1 is 1.29 bits per heavy atom. The highest BCUT2D eigenvalue weighted by Gasteiger charge is 2.16. The maximum Gasteiger partial charge on any atom is 0.240 e. The molecule has 0 unspecified atom stereocenters. The molecule has 1 heterocycles. The van der Waals surface area contributed by atoms with Gasteiger partial charge in [0.1, 0.15) is 0 Å². The summed E-state index contributed by atoms with van der Waals surface area (Å²) in [4.78, 5) is 0.152. The normalized spacial score (nSPS) is 11.8. The summed E-state index contributed by atoms with van der Waals surface area (Å²) in [7, 11) is -1.81. The molecule has 0 aliphatic rings. The lowest BCUT2D eigenvalue weighted by molar-refractivity contribution is 0.280. The van der Waals surface area contributed by atoms with Crippen molar-refractivity contribution in [3.63, 3.8) is 0 Å². The Labute approximate surface area is 124 Å². The van der Waals surface area contributed by atoms with Crippen LogP contribution in [-0.2, 0) is 30.2 Å². The van der Waals surface area contributed by atoms with Crippen molar-refractivity contribution < 1.29 is 13.5 Å². The molecule has 2 N–H and O–H groups in total. The first-order chi connectivity index (χ1) is 9.85. The van der Waals surface area contributed by atoms with Crippen molar-refractivity contribution >= 4 is 10.0 Å². The zero-order chi connectivity index (χ0) is 15.6. The molecule has 0 saturated carbocycles. The van der Waals surface area contributed by atoms with Gasteiger partial charge in [-0.2, -0.15) is 5.10 Å². The van der Waals surface area contributed by atoms with Gasteiger partial charge in [0, 0.05) is 24.8 Å². The van der Waals surface area contributed by atoms with Gasteiger partial charge in [0.15, 0.2) is 0 Å². The minimum atomic E-state index is -3.61. The van der Waals surface area contributed by atoms with E-state index < -0.39 is 10.0 Å². The van der Waals surface area contributed by atoms with Gasteiger partial charge in [0.05, 0.1) is 17.7 Å². The molecule has 2 aromatic rings. The van der Waals surface area contributed by atoms with E-state index in [1.54, 1.807) is 24.0 Å². The third-order valence-electron chi connectivity index (χ3n) is 3.59. The largest absolute Gasteiger partial charge is 0.392 e. The number of rotatable bonds is 5. The smallest absolute Gasteiger partial charge is 0.240 e. The lowest BCUT2D eigenvalue weighted by Crippen LogP contribution is -2.23. The fraction of sp³-hybridized carbons (Fsp3) is 0.357. The monoisotopic (exact) mass is 309 g/mol. The van der Waals surface area contributed by atoms with E-state index in [2.05, 4.69) is 9.82 Å². The Balaban J connectivity index is 2.20. The van der Waals surface area contributed by atoms with Crippen LogP contribution in [0, 0.1) is 13.8 Å². The number of aromatic nitrogens is 2. The van der Waals surface area contributed by atoms with Crippen molar-refractivity contribution in [2.24, 2.45) is 7.05 Å². The lowest BCUT2D eigenvalue weighted by Gasteiger charge is -2.09. The summed E-state index contributed by atoms with van der Waals surface area (Å²) in [6.07, 6.45) is 1.64. The van der Waals surface area contributed by atoms with Crippen LogP contribution in [0.3, 0.4) is 0 Å². The van der Waals surface area contributed by atoms with Crippen molar-refractivity contribution in [2.45, 2.75) is 31.9 Å². The molecule has 21 heavy (non-hydrogen) atoms. The zero-order valence-corrected chi connectivity index (χ0v) is 13.1. The highest BCUT2D eigenvalue weighted by Crippen LogP contribution is 2.16.